The average Bonchev–Trinajstić information content (AvgIpc) is 2.71. The molecule has 0 amide bonds. The molecular formula is C7H10N6O. The molecule has 3 N–H and O–H groups in total. The summed E-state index contributed by atoms with van der Waals surface area (Å²) in [4.78, 5) is 11.3. The first-order chi connectivity index (χ1) is 6.72. The van der Waals surface area contributed by atoms with Crippen LogP contribution in [-0.2, 0) is 13.6 Å². The number of rotatable bonds is 2. The van der Waals surface area contributed by atoms with Crippen LogP contribution in [0.15, 0.2) is 17.3 Å². The van der Waals surface area contributed by atoms with Crippen LogP contribution in [0.1, 0.15) is 5.56 Å². The van der Waals surface area contributed by atoms with Gasteiger partial charge in [0.1, 0.15) is 6.33 Å². The smallest absolute Gasteiger partial charge is 0.326 e. The van der Waals surface area contributed by atoms with Gasteiger partial charge in [0, 0.05) is 25.4 Å². The Morgan fingerprint density at radius 1 is 1.64 bits per heavy atom. The first kappa shape index (κ1) is 8.70. The molecule has 0 aromatic carbocycles. The molecule has 7 nitrogen and oxygen atoms in total. The van der Waals surface area contributed by atoms with Crippen LogP contribution in [0, 0.1) is 0 Å². The van der Waals surface area contributed by atoms with E-state index in [0.717, 1.165) is 5.56 Å². The minimum Gasteiger partial charge on any atom is -0.326 e. The van der Waals surface area contributed by atoms with Gasteiger partial charge in [-0.25, -0.2) is 14.5 Å². The van der Waals surface area contributed by atoms with E-state index in [1.54, 1.807) is 17.9 Å². The minimum absolute atomic E-state index is 0.321. The van der Waals surface area contributed by atoms with E-state index in [-0.39, 0.29) is 5.69 Å². The zero-order valence-electron chi connectivity index (χ0n) is 7.64. The minimum atomic E-state index is -0.321. The third kappa shape index (κ3) is 1.23. The number of aromatic amines is 1. The van der Waals surface area contributed by atoms with Crippen LogP contribution >= 0.6 is 0 Å². The SMILES string of the molecule is Cn1cc(CN)c(-n2cn[nH]c2=O)n1. The number of nitrogens with one attached hydrogen (secondary N) is 1. The van der Waals surface area contributed by atoms with Crippen LogP contribution < -0.4 is 11.4 Å². The number of nitrogens with zero attached hydrogens (tertiary/aromatic N) is 4. The molecule has 0 spiro atoms. The summed E-state index contributed by atoms with van der Waals surface area (Å²) in [7, 11) is 1.77. The van der Waals surface area contributed by atoms with Crippen molar-refractivity contribution in [3.8, 4) is 5.82 Å². The highest BCUT2D eigenvalue weighted by Gasteiger charge is 2.10. The summed E-state index contributed by atoms with van der Waals surface area (Å²) in [6, 6.07) is 0. The molecule has 0 bridgehead atoms. The summed E-state index contributed by atoms with van der Waals surface area (Å²) >= 11 is 0. The van der Waals surface area contributed by atoms with Gasteiger partial charge >= 0.3 is 5.69 Å². The lowest BCUT2D eigenvalue weighted by atomic mass is 10.3. The summed E-state index contributed by atoms with van der Waals surface area (Å²) in [5, 5.41) is 10.0. The fraction of sp³-hybridized carbons (Fsp3) is 0.286. The Morgan fingerprint density at radius 2 is 2.43 bits per heavy atom. The Hall–Kier alpha value is -1.89. The standard InChI is InChI=1S/C7H10N6O/c1-12-3-5(2-8)6(11-12)13-4-9-10-7(13)14/h3-4H,2,8H2,1H3,(H,10,14). The largest absolute Gasteiger partial charge is 0.349 e. The molecule has 2 aromatic rings. The number of hydrogen-bond acceptors (Lipinski definition) is 4. The second-order valence-electron chi connectivity index (χ2n) is 2.89. The van der Waals surface area contributed by atoms with Crippen molar-refractivity contribution >= 4 is 0 Å². The van der Waals surface area contributed by atoms with Crippen LogP contribution in [-0.4, -0.2) is 24.5 Å². The lowest BCUT2D eigenvalue weighted by molar-refractivity contribution is 0.747. The predicted molar refractivity (Wildman–Crippen MR) is 48.8 cm³/mol. The predicted octanol–water partition coefficient (Wildman–Crippen LogP) is -1.25. The molecule has 0 saturated carbocycles. The van der Waals surface area contributed by atoms with Crippen molar-refractivity contribution in [2.75, 3.05) is 0 Å². The van der Waals surface area contributed by atoms with Crippen molar-refractivity contribution in [1.82, 2.24) is 24.5 Å². The highest BCUT2D eigenvalue weighted by molar-refractivity contribution is 5.31. The van der Waals surface area contributed by atoms with Crippen LogP contribution in [0.25, 0.3) is 5.82 Å². The normalized spacial score (nSPS) is 10.7. The number of H-pyrrole nitrogens is 1. The molecule has 2 heterocycles. The lowest BCUT2D eigenvalue weighted by Gasteiger charge is -1.96. The summed E-state index contributed by atoms with van der Waals surface area (Å²) in [5.41, 5.74) is 6.00. The summed E-state index contributed by atoms with van der Waals surface area (Å²) in [6.07, 6.45) is 3.15. The number of hydrogen-bond donors (Lipinski definition) is 2. The van der Waals surface area contributed by atoms with E-state index in [4.69, 9.17) is 5.73 Å². The van der Waals surface area contributed by atoms with Crippen molar-refractivity contribution in [2.45, 2.75) is 6.54 Å². The van der Waals surface area contributed by atoms with Crippen molar-refractivity contribution in [2.24, 2.45) is 12.8 Å². The van der Waals surface area contributed by atoms with Crippen LogP contribution in [0.2, 0.25) is 0 Å². The summed E-state index contributed by atoms with van der Waals surface area (Å²) < 4.78 is 2.93. The van der Waals surface area contributed by atoms with E-state index in [9.17, 15) is 4.79 Å². The molecule has 2 aromatic heterocycles. The molecular weight excluding hydrogens is 184 g/mol. The van der Waals surface area contributed by atoms with E-state index in [2.05, 4.69) is 15.3 Å². The maximum Gasteiger partial charge on any atom is 0.349 e. The molecule has 74 valence electrons. The van der Waals surface area contributed by atoms with Gasteiger partial charge in [-0.3, -0.25) is 4.68 Å². The van der Waals surface area contributed by atoms with E-state index >= 15 is 0 Å². The molecule has 0 fully saturated rings. The van der Waals surface area contributed by atoms with Gasteiger partial charge in [-0.05, 0) is 0 Å². The van der Waals surface area contributed by atoms with E-state index in [1.807, 2.05) is 0 Å². The van der Waals surface area contributed by atoms with E-state index < -0.39 is 0 Å². The maximum absolute atomic E-state index is 11.3. The van der Waals surface area contributed by atoms with Gasteiger partial charge in [0.15, 0.2) is 5.82 Å². The zero-order chi connectivity index (χ0) is 10.1. The third-order valence-corrected chi connectivity index (χ3v) is 1.88. The molecule has 14 heavy (non-hydrogen) atoms. The number of nitrogens with two attached hydrogens (primary N) is 1. The first-order valence-corrected chi connectivity index (χ1v) is 4.07. The summed E-state index contributed by atoms with van der Waals surface area (Å²) in [6.45, 7) is 0.334. The number of aromatic nitrogens is 5. The van der Waals surface area contributed by atoms with E-state index in [1.165, 1.54) is 10.9 Å². The second-order valence-corrected chi connectivity index (χ2v) is 2.89. The molecule has 0 aliphatic carbocycles. The highest BCUT2D eigenvalue weighted by Crippen LogP contribution is 2.07. The van der Waals surface area contributed by atoms with Crippen molar-refractivity contribution in [1.29, 1.82) is 0 Å². The Bertz CT molecular complexity index is 492. The quantitative estimate of drug-likeness (QED) is 0.624. The topological polar surface area (TPSA) is 94.5 Å². The van der Waals surface area contributed by atoms with Crippen LogP contribution in [0.5, 0.6) is 0 Å². The fourth-order valence-electron chi connectivity index (χ4n) is 1.27. The van der Waals surface area contributed by atoms with Gasteiger partial charge in [0.05, 0.1) is 0 Å². The molecule has 2 rings (SSSR count). The second kappa shape index (κ2) is 3.11. The molecule has 0 radical (unpaired) electrons. The van der Waals surface area contributed by atoms with Gasteiger partial charge in [-0.15, -0.1) is 0 Å². The molecule has 0 atom stereocenters. The van der Waals surface area contributed by atoms with Crippen molar-refractivity contribution < 1.29 is 0 Å². The summed E-state index contributed by atoms with van der Waals surface area (Å²) in [5.74, 6) is 0.522. The average molecular weight is 194 g/mol. The Kier molecular flexibility index (Phi) is 1.93. The zero-order valence-corrected chi connectivity index (χ0v) is 7.64. The highest BCUT2D eigenvalue weighted by atomic mass is 16.1. The maximum atomic E-state index is 11.3. The van der Waals surface area contributed by atoms with Gasteiger partial charge < -0.3 is 5.73 Å². The first-order valence-electron chi connectivity index (χ1n) is 4.07. The van der Waals surface area contributed by atoms with Gasteiger partial charge in [-0.1, -0.05) is 0 Å². The van der Waals surface area contributed by atoms with Crippen LogP contribution in [0.4, 0.5) is 0 Å². The fourth-order valence-corrected chi connectivity index (χ4v) is 1.27. The molecule has 7 heteroatoms. The van der Waals surface area contributed by atoms with Crippen LogP contribution in [0.3, 0.4) is 0 Å². The monoisotopic (exact) mass is 194 g/mol. The molecule has 0 unspecified atom stereocenters. The lowest BCUT2D eigenvalue weighted by Crippen LogP contribution is -2.16. The third-order valence-electron chi connectivity index (χ3n) is 1.88. The molecule has 0 aliphatic heterocycles. The van der Waals surface area contributed by atoms with E-state index in [0.29, 0.717) is 12.4 Å². The van der Waals surface area contributed by atoms with Gasteiger partial charge in [-0.2, -0.15) is 10.2 Å². The van der Waals surface area contributed by atoms with Gasteiger partial charge in [0.25, 0.3) is 0 Å². The molecule has 0 saturated heterocycles. The Balaban J connectivity index is 2.61. The van der Waals surface area contributed by atoms with Crippen molar-refractivity contribution in [3.05, 3.63) is 28.6 Å². The number of aryl methyl sites for hydroxylation is 1. The van der Waals surface area contributed by atoms with Crippen molar-refractivity contribution in [3.63, 3.8) is 0 Å². The Labute approximate surface area is 79.2 Å². The van der Waals surface area contributed by atoms with Gasteiger partial charge in [0.2, 0.25) is 0 Å². The Morgan fingerprint density at radius 3 is 3.00 bits per heavy atom. The molecule has 0 aliphatic rings.